The summed E-state index contributed by atoms with van der Waals surface area (Å²) >= 11 is 0. The fourth-order valence-corrected chi connectivity index (χ4v) is 2.24. The van der Waals surface area contributed by atoms with E-state index in [2.05, 4.69) is 0 Å². The van der Waals surface area contributed by atoms with E-state index in [0.717, 1.165) is 6.42 Å². The van der Waals surface area contributed by atoms with Gasteiger partial charge in [0.25, 0.3) is 5.91 Å². The molecular weight excluding hydrogens is 244 g/mol. The van der Waals surface area contributed by atoms with Crippen molar-refractivity contribution < 1.29 is 14.3 Å². The molecule has 1 fully saturated rings. The predicted octanol–water partition coefficient (Wildman–Crippen LogP) is 1.34. The van der Waals surface area contributed by atoms with Crippen molar-refractivity contribution in [3.63, 3.8) is 0 Å². The number of hydrogen-bond donors (Lipinski definition) is 0. The average molecular weight is 258 g/mol. The van der Waals surface area contributed by atoms with Crippen LogP contribution in [0.1, 0.15) is 28.8 Å². The molecule has 1 amide bonds. The highest BCUT2D eigenvalue weighted by Crippen LogP contribution is 2.21. The fourth-order valence-electron chi connectivity index (χ4n) is 2.24. The number of esters is 1. The Bertz CT molecular complexity index is 531. The first-order valence-electron chi connectivity index (χ1n) is 6.06. The van der Waals surface area contributed by atoms with E-state index in [1.54, 1.807) is 24.3 Å². The number of rotatable bonds is 2. The average Bonchev–Trinajstić information content (AvgIpc) is 2.95. The second-order valence-corrected chi connectivity index (χ2v) is 4.37. The molecule has 0 spiro atoms. The van der Waals surface area contributed by atoms with Gasteiger partial charge in [0.15, 0.2) is 0 Å². The quantitative estimate of drug-likeness (QED) is 0.750. The van der Waals surface area contributed by atoms with Crippen LogP contribution in [0.3, 0.4) is 0 Å². The minimum absolute atomic E-state index is 0.197. The third kappa shape index (κ3) is 2.58. The second-order valence-electron chi connectivity index (χ2n) is 4.37. The number of carbonyl (C=O) groups is 2. The summed E-state index contributed by atoms with van der Waals surface area (Å²) in [7, 11) is 1.32. The van der Waals surface area contributed by atoms with E-state index in [9.17, 15) is 9.59 Å². The summed E-state index contributed by atoms with van der Waals surface area (Å²) < 4.78 is 4.71. The third-order valence-corrected chi connectivity index (χ3v) is 3.25. The van der Waals surface area contributed by atoms with E-state index in [1.165, 1.54) is 12.0 Å². The zero-order valence-corrected chi connectivity index (χ0v) is 10.6. The van der Waals surface area contributed by atoms with Gasteiger partial charge in [0.05, 0.1) is 18.7 Å². The van der Waals surface area contributed by atoms with Gasteiger partial charge in [0.2, 0.25) is 0 Å². The van der Waals surface area contributed by atoms with Crippen LogP contribution in [0.5, 0.6) is 0 Å². The molecular formula is C14H14N2O3. The number of amides is 1. The van der Waals surface area contributed by atoms with Gasteiger partial charge >= 0.3 is 5.97 Å². The molecule has 0 aromatic heterocycles. The molecule has 0 bridgehead atoms. The molecule has 0 radical (unpaired) electrons. The Hall–Kier alpha value is -2.35. The van der Waals surface area contributed by atoms with E-state index >= 15 is 0 Å². The number of carbonyl (C=O) groups excluding carboxylic acids is 2. The van der Waals surface area contributed by atoms with Crippen LogP contribution in [-0.2, 0) is 9.53 Å². The summed E-state index contributed by atoms with van der Waals surface area (Å²) in [6.45, 7) is 0.554. The van der Waals surface area contributed by atoms with Crippen LogP contribution >= 0.6 is 0 Å². The van der Waals surface area contributed by atoms with Crippen molar-refractivity contribution >= 4 is 11.9 Å². The summed E-state index contributed by atoms with van der Waals surface area (Å²) in [5.41, 5.74) is 0.984. The second kappa shape index (κ2) is 5.53. The molecule has 0 saturated carbocycles. The maximum absolute atomic E-state index is 12.3. The summed E-state index contributed by atoms with van der Waals surface area (Å²) in [6.07, 6.45) is 1.43. The molecule has 1 heterocycles. The number of benzene rings is 1. The number of nitrogens with zero attached hydrogens (tertiary/aromatic N) is 2. The maximum Gasteiger partial charge on any atom is 0.328 e. The first-order valence-corrected chi connectivity index (χ1v) is 6.06. The molecule has 1 saturated heterocycles. The zero-order valence-electron chi connectivity index (χ0n) is 10.6. The van der Waals surface area contributed by atoms with Crippen LogP contribution < -0.4 is 0 Å². The molecule has 19 heavy (non-hydrogen) atoms. The van der Waals surface area contributed by atoms with Crippen molar-refractivity contribution in [3.8, 4) is 6.07 Å². The van der Waals surface area contributed by atoms with Crippen molar-refractivity contribution in [1.82, 2.24) is 4.90 Å². The van der Waals surface area contributed by atoms with Crippen LogP contribution in [-0.4, -0.2) is 36.5 Å². The lowest BCUT2D eigenvalue weighted by atomic mass is 10.1. The highest BCUT2D eigenvalue weighted by Gasteiger charge is 2.35. The van der Waals surface area contributed by atoms with Gasteiger partial charge in [-0.05, 0) is 37.1 Å². The number of methoxy groups -OCH3 is 1. The van der Waals surface area contributed by atoms with Gasteiger partial charge in [-0.2, -0.15) is 5.26 Å². The SMILES string of the molecule is COC(=O)C1CCCN1C(=O)c1ccc(C#N)cc1. The smallest absolute Gasteiger partial charge is 0.328 e. The lowest BCUT2D eigenvalue weighted by molar-refractivity contribution is -0.145. The molecule has 1 aliphatic heterocycles. The van der Waals surface area contributed by atoms with Gasteiger partial charge in [-0.3, -0.25) is 4.79 Å². The number of nitriles is 1. The first kappa shape index (κ1) is 13.1. The molecule has 1 aliphatic rings. The minimum Gasteiger partial charge on any atom is -0.467 e. The normalized spacial score (nSPS) is 17.9. The van der Waals surface area contributed by atoms with E-state index in [1.807, 2.05) is 6.07 Å². The van der Waals surface area contributed by atoms with Gasteiger partial charge in [0.1, 0.15) is 6.04 Å². The third-order valence-electron chi connectivity index (χ3n) is 3.25. The monoisotopic (exact) mass is 258 g/mol. The number of likely N-dealkylation sites (tertiary alicyclic amines) is 1. The van der Waals surface area contributed by atoms with Crippen molar-refractivity contribution in [2.24, 2.45) is 0 Å². The van der Waals surface area contributed by atoms with Gasteiger partial charge in [-0.1, -0.05) is 0 Å². The van der Waals surface area contributed by atoms with Crippen molar-refractivity contribution in [1.29, 1.82) is 5.26 Å². The van der Waals surface area contributed by atoms with Crippen molar-refractivity contribution in [2.75, 3.05) is 13.7 Å². The first-order chi connectivity index (χ1) is 9.17. The fraction of sp³-hybridized carbons (Fsp3) is 0.357. The molecule has 5 heteroatoms. The lowest BCUT2D eigenvalue weighted by Gasteiger charge is -2.22. The highest BCUT2D eigenvalue weighted by molar-refractivity contribution is 5.97. The number of hydrogen-bond acceptors (Lipinski definition) is 4. The Labute approximate surface area is 111 Å². The van der Waals surface area contributed by atoms with Crippen LogP contribution in [0.25, 0.3) is 0 Å². The standard InChI is InChI=1S/C14H14N2O3/c1-19-14(18)12-3-2-8-16(12)13(17)11-6-4-10(9-15)5-7-11/h4-7,12H,2-3,8H2,1H3. The summed E-state index contributed by atoms with van der Waals surface area (Å²) in [5.74, 6) is -0.572. The van der Waals surface area contributed by atoms with Gasteiger partial charge in [0, 0.05) is 12.1 Å². The lowest BCUT2D eigenvalue weighted by Crippen LogP contribution is -2.41. The molecule has 1 aromatic carbocycles. The molecule has 0 N–H and O–H groups in total. The minimum atomic E-state index is -0.492. The van der Waals surface area contributed by atoms with Crippen molar-refractivity contribution in [2.45, 2.75) is 18.9 Å². The Morgan fingerprint density at radius 3 is 2.63 bits per heavy atom. The van der Waals surface area contributed by atoms with Crippen LogP contribution in [0.15, 0.2) is 24.3 Å². The van der Waals surface area contributed by atoms with E-state index < -0.39 is 6.04 Å². The van der Waals surface area contributed by atoms with Crippen LogP contribution in [0, 0.1) is 11.3 Å². The Morgan fingerprint density at radius 2 is 2.05 bits per heavy atom. The van der Waals surface area contributed by atoms with Crippen molar-refractivity contribution in [3.05, 3.63) is 35.4 Å². The Balaban J connectivity index is 2.18. The van der Waals surface area contributed by atoms with E-state index in [-0.39, 0.29) is 11.9 Å². The molecule has 98 valence electrons. The number of ether oxygens (including phenoxy) is 1. The van der Waals surface area contributed by atoms with Crippen LogP contribution in [0.4, 0.5) is 0 Å². The molecule has 1 aromatic rings. The molecule has 2 rings (SSSR count). The molecule has 1 atom stereocenters. The maximum atomic E-state index is 12.3. The Kier molecular flexibility index (Phi) is 3.81. The van der Waals surface area contributed by atoms with E-state index in [0.29, 0.717) is 24.1 Å². The van der Waals surface area contributed by atoms with Crippen LogP contribution in [0.2, 0.25) is 0 Å². The summed E-state index contributed by atoms with van der Waals surface area (Å²) in [4.78, 5) is 25.4. The van der Waals surface area contributed by atoms with Gasteiger partial charge < -0.3 is 9.64 Å². The van der Waals surface area contributed by atoms with E-state index in [4.69, 9.17) is 10.00 Å². The highest BCUT2D eigenvalue weighted by atomic mass is 16.5. The summed E-state index contributed by atoms with van der Waals surface area (Å²) in [5, 5.41) is 8.72. The topological polar surface area (TPSA) is 70.4 Å². The summed E-state index contributed by atoms with van der Waals surface area (Å²) in [6, 6.07) is 7.90. The zero-order chi connectivity index (χ0) is 13.8. The molecule has 1 unspecified atom stereocenters. The van der Waals surface area contributed by atoms with Gasteiger partial charge in [-0.15, -0.1) is 0 Å². The molecule has 0 aliphatic carbocycles. The predicted molar refractivity (Wildman–Crippen MR) is 67.2 cm³/mol. The largest absolute Gasteiger partial charge is 0.467 e. The molecule has 5 nitrogen and oxygen atoms in total. The Morgan fingerprint density at radius 1 is 1.37 bits per heavy atom. The van der Waals surface area contributed by atoms with Gasteiger partial charge in [-0.25, -0.2) is 4.79 Å².